The van der Waals surface area contributed by atoms with Crippen molar-refractivity contribution < 1.29 is 4.79 Å². The number of rotatable bonds is 3. The molecule has 2 rings (SSSR count). The van der Waals surface area contributed by atoms with Crippen LogP contribution in [0.5, 0.6) is 0 Å². The van der Waals surface area contributed by atoms with Crippen LogP contribution in [0.25, 0.3) is 0 Å². The van der Waals surface area contributed by atoms with Crippen molar-refractivity contribution >= 4 is 17.3 Å². The fourth-order valence-electron chi connectivity index (χ4n) is 2.47. The minimum atomic E-state index is -0.516. The van der Waals surface area contributed by atoms with Gasteiger partial charge in [-0.25, -0.2) is 5.84 Å². The van der Waals surface area contributed by atoms with E-state index in [1.165, 1.54) is 11.4 Å². The number of amides is 1. The maximum Gasteiger partial charge on any atom is 0.241 e. The normalized spacial score (nSPS) is 15.2. The van der Waals surface area contributed by atoms with Crippen molar-refractivity contribution in [1.29, 1.82) is 0 Å². The third kappa shape index (κ3) is 2.66. The number of fused-ring (bicyclic) bond motifs is 1. The van der Waals surface area contributed by atoms with Gasteiger partial charge >= 0.3 is 0 Å². The van der Waals surface area contributed by atoms with Crippen molar-refractivity contribution in [2.24, 2.45) is 11.3 Å². The molecule has 5 heteroatoms. The molecule has 1 aliphatic rings. The maximum atomic E-state index is 11.8. The van der Waals surface area contributed by atoms with Crippen LogP contribution in [0.4, 0.5) is 11.4 Å². The highest BCUT2D eigenvalue weighted by Crippen LogP contribution is 2.33. The van der Waals surface area contributed by atoms with Crippen LogP contribution in [0.3, 0.4) is 0 Å². The second-order valence-corrected chi connectivity index (χ2v) is 5.69. The van der Waals surface area contributed by atoms with E-state index in [0.29, 0.717) is 6.54 Å². The van der Waals surface area contributed by atoms with Gasteiger partial charge in [0.2, 0.25) is 5.91 Å². The number of benzene rings is 1. The molecule has 0 unspecified atom stereocenters. The molecule has 104 valence electrons. The summed E-state index contributed by atoms with van der Waals surface area (Å²) < 4.78 is 0. The first-order valence-corrected chi connectivity index (χ1v) is 6.52. The first-order valence-electron chi connectivity index (χ1n) is 6.52. The highest BCUT2D eigenvalue weighted by atomic mass is 16.2. The third-order valence-corrected chi connectivity index (χ3v) is 3.67. The molecule has 1 aromatic rings. The molecule has 1 aromatic carbocycles. The van der Waals surface area contributed by atoms with Crippen molar-refractivity contribution in [1.82, 2.24) is 5.43 Å². The summed E-state index contributed by atoms with van der Waals surface area (Å²) in [5.74, 6) is 5.12. The summed E-state index contributed by atoms with van der Waals surface area (Å²) >= 11 is 0. The first kappa shape index (κ1) is 13.7. The van der Waals surface area contributed by atoms with Crippen LogP contribution in [0, 0.1) is 5.41 Å². The molecule has 0 aliphatic carbocycles. The zero-order valence-electron chi connectivity index (χ0n) is 11.8. The molecule has 3 N–H and O–H groups in total. The van der Waals surface area contributed by atoms with Gasteiger partial charge in [-0.05, 0) is 26.0 Å². The number of nitrogens with one attached hydrogen (secondary N) is 1. The van der Waals surface area contributed by atoms with Gasteiger partial charge in [-0.3, -0.25) is 10.2 Å². The lowest BCUT2D eigenvalue weighted by Gasteiger charge is -2.40. The van der Waals surface area contributed by atoms with Crippen molar-refractivity contribution in [2.45, 2.75) is 13.8 Å². The molecule has 0 radical (unpaired) electrons. The van der Waals surface area contributed by atoms with Gasteiger partial charge in [0.15, 0.2) is 0 Å². The summed E-state index contributed by atoms with van der Waals surface area (Å²) in [5.41, 5.74) is 4.12. The quantitative estimate of drug-likeness (QED) is 0.484. The summed E-state index contributed by atoms with van der Waals surface area (Å²) in [4.78, 5) is 16.3. The third-order valence-electron chi connectivity index (χ3n) is 3.67. The van der Waals surface area contributed by atoms with Crippen LogP contribution < -0.4 is 21.1 Å². The predicted octanol–water partition coefficient (Wildman–Crippen LogP) is 0.959. The van der Waals surface area contributed by atoms with Crippen LogP contribution >= 0.6 is 0 Å². The highest BCUT2D eigenvalue weighted by Gasteiger charge is 2.32. The molecule has 1 heterocycles. The average molecular weight is 262 g/mol. The van der Waals surface area contributed by atoms with Gasteiger partial charge in [-0.15, -0.1) is 0 Å². The van der Waals surface area contributed by atoms with Gasteiger partial charge in [0.05, 0.1) is 16.8 Å². The smallest absolute Gasteiger partial charge is 0.241 e. The number of anilines is 2. The zero-order valence-corrected chi connectivity index (χ0v) is 11.8. The van der Waals surface area contributed by atoms with Crippen LogP contribution in [0.2, 0.25) is 0 Å². The number of carbonyl (C=O) groups excluding carboxylic acids is 1. The molecule has 0 spiro atoms. The summed E-state index contributed by atoms with van der Waals surface area (Å²) in [6.45, 7) is 6.35. The summed E-state index contributed by atoms with van der Waals surface area (Å²) in [6.07, 6.45) is 0. The molecule has 0 fully saturated rings. The lowest BCUT2D eigenvalue weighted by Crippen LogP contribution is -2.50. The lowest BCUT2D eigenvalue weighted by atomic mass is 9.91. The molecule has 1 aliphatic heterocycles. The topological polar surface area (TPSA) is 61.6 Å². The van der Waals surface area contributed by atoms with Crippen LogP contribution in [0.1, 0.15) is 13.8 Å². The largest absolute Gasteiger partial charge is 0.371 e. The van der Waals surface area contributed by atoms with Gasteiger partial charge in [0.1, 0.15) is 0 Å². The van der Waals surface area contributed by atoms with Crippen LogP contribution in [0.15, 0.2) is 24.3 Å². The van der Waals surface area contributed by atoms with E-state index < -0.39 is 5.41 Å². The Hall–Kier alpha value is -1.75. The van der Waals surface area contributed by atoms with Gasteiger partial charge in [0.25, 0.3) is 0 Å². The zero-order chi connectivity index (χ0) is 14.0. The van der Waals surface area contributed by atoms with E-state index in [9.17, 15) is 4.79 Å². The Morgan fingerprint density at radius 3 is 2.58 bits per heavy atom. The molecule has 0 saturated carbocycles. The number of nitrogens with two attached hydrogens (primary N) is 1. The Morgan fingerprint density at radius 1 is 1.32 bits per heavy atom. The number of hydrazine groups is 1. The van der Waals surface area contributed by atoms with Gasteiger partial charge in [-0.2, -0.15) is 0 Å². The van der Waals surface area contributed by atoms with Gasteiger partial charge < -0.3 is 9.80 Å². The van der Waals surface area contributed by atoms with Crippen molar-refractivity contribution in [3.63, 3.8) is 0 Å². The maximum absolute atomic E-state index is 11.8. The molecule has 19 heavy (non-hydrogen) atoms. The Morgan fingerprint density at radius 2 is 1.95 bits per heavy atom. The van der Waals surface area contributed by atoms with E-state index >= 15 is 0 Å². The molecule has 0 saturated heterocycles. The number of carbonyl (C=O) groups is 1. The molecular formula is C14H22N4O. The fraction of sp³-hybridized carbons (Fsp3) is 0.500. The molecule has 5 nitrogen and oxygen atoms in total. The summed E-state index contributed by atoms with van der Waals surface area (Å²) in [5, 5.41) is 0. The summed E-state index contributed by atoms with van der Waals surface area (Å²) in [6, 6.07) is 8.27. The van der Waals surface area contributed by atoms with E-state index in [2.05, 4.69) is 34.4 Å². The van der Waals surface area contributed by atoms with Gasteiger partial charge in [-0.1, -0.05) is 12.1 Å². The molecular weight excluding hydrogens is 240 g/mol. The Bertz CT molecular complexity index is 472. The number of hydrogen-bond donors (Lipinski definition) is 2. The Labute approximate surface area is 114 Å². The van der Waals surface area contributed by atoms with Crippen LogP contribution in [-0.2, 0) is 4.79 Å². The van der Waals surface area contributed by atoms with E-state index in [0.717, 1.165) is 13.1 Å². The minimum Gasteiger partial charge on any atom is -0.371 e. The fourth-order valence-corrected chi connectivity index (χ4v) is 2.47. The highest BCUT2D eigenvalue weighted by molar-refractivity contribution is 5.82. The van der Waals surface area contributed by atoms with E-state index in [1.807, 2.05) is 26.0 Å². The number of hydrogen-bond acceptors (Lipinski definition) is 4. The average Bonchev–Trinajstić information content (AvgIpc) is 2.41. The van der Waals surface area contributed by atoms with Crippen molar-refractivity contribution in [2.75, 3.05) is 36.5 Å². The number of para-hydroxylation sites is 2. The van der Waals surface area contributed by atoms with E-state index in [4.69, 9.17) is 5.84 Å². The van der Waals surface area contributed by atoms with Crippen molar-refractivity contribution in [3.05, 3.63) is 24.3 Å². The number of nitrogens with zero attached hydrogens (tertiary/aromatic N) is 2. The van der Waals surface area contributed by atoms with E-state index in [1.54, 1.807) is 0 Å². The SMILES string of the molecule is CN1CCN(CC(C)(C)C(=O)NN)c2ccccc21. The summed E-state index contributed by atoms with van der Waals surface area (Å²) in [7, 11) is 2.09. The molecule has 0 bridgehead atoms. The van der Waals surface area contributed by atoms with Crippen molar-refractivity contribution in [3.8, 4) is 0 Å². The lowest BCUT2D eigenvalue weighted by molar-refractivity contribution is -0.128. The first-order chi connectivity index (χ1) is 8.95. The second kappa shape index (κ2) is 5.09. The second-order valence-electron chi connectivity index (χ2n) is 5.69. The minimum absolute atomic E-state index is 0.135. The van der Waals surface area contributed by atoms with Crippen LogP contribution in [-0.4, -0.2) is 32.6 Å². The Kier molecular flexibility index (Phi) is 3.66. The standard InChI is InChI=1S/C14H22N4O/c1-14(2,13(19)16-15)10-18-9-8-17(3)11-6-4-5-7-12(11)18/h4-7H,8-10,15H2,1-3H3,(H,16,19). The monoisotopic (exact) mass is 262 g/mol. The Balaban J connectivity index is 2.24. The molecule has 0 atom stereocenters. The molecule has 0 aromatic heterocycles. The van der Waals surface area contributed by atoms with E-state index in [-0.39, 0.29) is 5.91 Å². The van der Waals surface area contributed by atoms with Gasteiger partial charge in [0, 0.05) is 26.7 Å². The predicted molar refractivity (Wildman–Crippen MR) is 78.0 cm³/mol. The number of likely N-dealkylation sites (N-methyl/N-ethyl adjacent to an activating group) is 1. The molecule has 1 amide bonds.